The second-order valence-corrected chi connectivity index (χ2v) is 6.46. The number of likely N-dealkylation sites (tertiary alicyclic amines) is 1. The van der Waals surface area contributed by atoms with Crippen LogP contribution in [0, 0.1) is 12.8 Å². The van der Waals surface area contributed by atoms with Crippen molar-refractivity contribution in [2.45, 2.75) is 38.8 Å². The highest BCUT2D eigenvalue weighted by atomic mass is 32.1. The standard InChI is InChI=1S/C14H22N2S/c1-10-5-7-17-14(10)11(2)16-6-3-4-12-8-15-9-13(12)16/h5,7,11-13,15H,3-4,6,8-9H2,1-2H3. The average molecular weight is 250 g/mol. The number of fused-ring (bicyclic) bond motifs is 1. The van der Waals surface area contributed by atoms with E-state index in [4.69, 9.17) is 0 Å². The van der Waals surface area contributed by atoms with E-state index in [2.05, 4.69) is 35.5 Å². The quantitative estimate of drug-likeness (QED) is 0.868. The Balaban J connectivity index is 1.81. The number of rotatable bonds is 2. The Morgan fingerprint density at radius 2 is 2.35 bits per heavy atom. The molecule has 0 spiro atoms. The Hall–Kier alpha value is -0.380. The van der Waals surface area contributed by atoms with Gasteiger partial charge in [0.05, 0.1) is 0 Å². The first-order valence-electron chi connectivity index (χ1n) is 6.78. The highest BCUT2D eigenvalue weighted by Gasteiger charge is 2.37. The molecule has 1 aromatic rings. The van der Waals surface area contributed by atoms with Gasteiger partial charge in [-0.05, 0) is 62.7 Å². The third-order valence-corrected chi connectivity index (χ3v) is 5.69. The fourth-order valence-electron chi connectivity index (χ4n) is 3.55. The highest BCUT2D eigenvalue weighted by molar-refractivity contribution is 7.10. The van der Waals surface area contributed by atoms with Crippen LogP contribution in [0.1, 0.15) is 36.2 Å². The number of aryl methyl sites for hydroxylation is 1. The van der Waals surface area contributed by atoms with Gasteiger partial charge in [0, 0.05) is 23.5 Å². The van der Waals surface area contributed by atoms with Crippen molar-refractivity contribution in [2.75, 3.05) is 19.6 Å². The minimum atomic E-state index is 0.600. The zero-order chi connectivity index (χ0) is 11.8. The van der Waals surface area contributed by atoms with Crippen LogP contribution in [-0.4, -0.2) is 30.6 Å². The molecular formula is C14H22N2S. The molecule has 3 heteroatoms. The van der Waals surface area contributed by atoms with E-state index in [-0.39, 0.29) is 0 Å². The molecule has 0 aromatic carbocycles. The summed E-state index contributed by atoms with van der Waals surface area (Å²) in [5.41, 5.74) is 1.47. The number of piperidine rings is 1. The monoisotopic (exact) mass is 250 g/mol. The van der Waals surface area contributed by atoms with Crippen LogP contribution in [0.3, 0.4) is 0 Å². The molecule has 2 aliphatic rings. The lowest BCUT2D eigenvalue weighted by Crippen LogP contribution is -2.46. The van der Waals surface area contributed by atoms with Crippen LogP contribution in [0.5, 0.6) is 0 Å². The van der Waals surface area contributed by atoms with Gasteiger partial charge in [-0.15, -0.1) is 11.3 Å². The van der Waals surface area contributed by atoms with Gasteiger partial charge in [-0.1, -0.05) is 0 Å². The molecule has 3 rings (SSSR count). The number of hydrogen-bond acceptors (Lipinski definition) is 3. The molecule has 17 heavy (non-hydrogen) atoms. The van der Waals surface area contributed by atoms with E-state index >= 15 is 0 Å². The van der Waals surface area contributed by atoms with Crippen LogP contribution in [-0.2, 0) is 0 Å². The fourth-order valence-corrected chi connectivity index (χ4v) is 4.55. The first-order valence-corrected chi connectivity index (χ1v) is 7.66. The molecule has 3 heterocycles. The van der Waals surface area contributed by atoms with E-state index < -0.39 is 0 Å². The van der Waals surface area contributed by atoms with Crippen molar-refractivity contribution >= 4 is 11.3 Å². The Bertz CT molecular complexity index is 387. The summed E-state index contributed by atoms with van der Waals surface area (Å²) in [6.07, 6.45) is 2.79. The smallest absolute Gasteiger partial charge is 0.0419 e. The molecule has 1 N–H and O–H groups in total. The molecule has 2 fully saturated rings. The van der Waals surface area contributed by atoms with Crippen LogP contribution in [0.25, 0.3) is 0 Å². The maximum absolute atomic E-state index is 3.57. The molecule has 1 aromatic heterocycles. The van der Waals surface area contributed by atoms with Gasteiger partial charge in [0.1, 0.15) is 0 Å². The van der Waals surface area contributed by atoms with E-state index in [9.17, 15) is 0 Å². The number of nitrogens with one attached hydrogen (secondary N) is 1. The van der Waals surface area contributed by atoms with E-state index in [1.165, 1.54) is 38.0 Å². The van der Waals surface area contributed by atoms with E-state index in [0.717, 1.165) is 12.0 Å². The second-order valence-electron chi connectivity index (χ2n) is 5.51. The zero-order valence-corrected chi connectivity index (χ0v) is 11.6. The molecule has 0 bridgehead atoms. The third kappa shape index (κ3) is 2.05. The minimum Gasteiger partial charge on any atom is -0.315 e. The van der Waals surface area contributed by atoms with Gasteiger partial charge in [-0.2, -0.15) is 0 Å². The normalized spacial score (nSPS) is 31.4. The third-order valence-electron chi connectivity index (χ3n) is 4.50. The van der Waals surface area contributed by atoms with E-state index in [1.54, 1.807) is 4.88 Å². The van der Waals surface area contributed by atoms with Crippen molar-refractivity contribution in [3.63, 3.8) is 0 Å². The molecule has 94 valence electrons. The van der Waals surface area contributed by atoms with Gasteiger partial charge in [0.25, 0.3) is 0 Å². The first-order chi connectivity index (χ1) is 8.27. The van der Waals surface area contributed by atoms with Gasteiger partial charge in [0.15, 0.2) is 0 Å². The summed E-state index contributed by atoms with van der Waals surface area (Å²) in [6.45, 7) is 8.34. The summed E-state index contributed by atoms with van der Waals surface area (Å²) >= 11 is 1.92. The Labute approximate surface area is 108 Å². The van der Waals surface area contributed by atoms with Crippen LogP contribution >= 0.6 is 11.3 Å². The molecule has 2 saturated heterocycles. The lowest BCUT2D eigenvalue weighted by atomic mass is 9.90. The minimum absolute atomic E-state index is 0.600. The summed E-state index contributed by atoms with van der Waals surface area (Å²) < 4.78 is 0. The largest absolute Gasteiger partial charge is 0.315 e. The van der Waals surface area contributed by atoms with Gasteiger partial charge in [-0.3, -0.25) is 4.90 Å². The molecule has 3 atom stereocenters. The van der Waals surface area contributed by atoms with Gasteiger partial charge in [0.2, 0.25) is 0 Å². The Kier molecular flexibility index (Phi) is 3.24. The number of thiophene rings is 1. The van der Waals surface area contributed by atoms with Gasteiger partial charge < -0.3 is 5.32 Å². The molecule has 0 saturated carbocycles. The molecule has 2 nitrogen and oxygen atoms in total. The maximum atomic E-state index is 3.57. The van der Waals surface area contributed by atoms with Gasteiger partial charge in [-0.25, -0.2) is 0 Å². The fraction of sp³-hybridized carbons (Fsp3) is 0.714. The molecule has 2 aliphatic heterocycles. The predicted molar refractivity (Wildman–Crippen MR) is 73.6 cm³/mol. The highest BCUT2D eigenvalue weighted by Crippen LogP contribution is 2.36. The lowest BCUT2D eigenvalue weighted by Gasteiger charge is -2.41. The molecule has 0 radical (unpaired) electrons. The first kappa shape index (κ1) is 11.7. The zero-order valence-electron chi connectivity index (χ0n) is 10.8. The molecule has 3 unspecified atom stereocenters. The summed E-state index contributed by atoms with van der Waals surface area (Å²) in [5, 5.41) is 5.80. The van der Waals surface area contributed by atoms with Crippen molar-refractivity contribution < 1.29 is 0 Å². The predicted octanol–water partition coefficient (Wildman–Crippen LogP) is 2.80. The van der Waals surface area contributed by atoms with Crippen molar-refractivity contribution in [3.8, 4) is 0 Å². The van der Waals surface area contributed by atoms with Crippen molar-refractivity contribution in [1.29, 1.82) is 0 Å². The SMILES string of the molecule is Cc1ccsc1C(C)N1CCCC2CNCC21. The van der Waals surface area contributed by atoms with E-state index in [0.29, 0.717) is 6.04 Å². The van der Waals surface area contributed by atoms with Crippen LogP contribution in [0.4, 0.5) is 0 Å². The van der Waals surface area contributed by atoms with Crippen molar-refractivity contribution in [1.82, 2.24) is 10.2 Å². The summed E-state index contributed by atoms with van der Waals surface area (Å²) in [7, 11) is 0. The molecular weight excluding hydrogens is 228 g/mol. The lowest BCUT2D eigenvalue weighted by molar-refractivity contribution is 0.0860. The Morgan fingerprint density at radius 3 is 3.12 bits per heavy atom. The van der Waals surface area contributed by atoms with Crippen molar-refractivity contribution in [2.24, 2.45) is 5.92 Å². The molecule has 0 aliphatic carbocycles. The van der Waals surface area contributed by atoms with Gasteiger partial charge >= 0.3 is 0 Å². The summed E-state index contributed by atoms with van der Waals surface area (Å²) in [6, 6.07) is 3.63. The topological polar surface area (TPSA) is 15.3 Å². The summed E-state index contributed by atoms with van der Waals surface area (Å²) in [4.78, 5) is 4.31. The average Bonchev–Trinajstić information content (AvgIpc) is 2.95. The van der Waals surface area contributed by atoms with Crippen LogP contribution < -0.4 is 5.32 Å². The summed E-state index contributed by atoms with van der Waals surface area (Å²) in [5.74, 6) is 0.895. The Morgan fingerprint density at radius 1 is 1.47 bits per heavy atom. The number of hydrogen-bond donors (Lipinski definition) is 1. The maximum Gasteiger partial charge on any atom is 0.0419 e. The number of nitrogens with zero attached hydrogens (tertiary/aromatic N) is 1. The van der Waals surface area contributed by atoms with Crippen LogP contribution in [0.2, 0.25) is 0 Å². The van der Waals surface area contributed by atoms with E-state index in [1.807, 2.05) is 11.3 Å². The van der Waals surface area contributed by atoms with Crippen molar-refractivity contribution in [3.05, 3.63) is 21.9 Å². The molecule has 0 amide bonds. The second kappa shape index (κ2) is 4.71. The van der Waals surface area contributed by atoms with Crippen LogP contribution in [0.15, 0.2) is 11.4 Å².